The van der Waals surface area contributed by atoms with Crippen molar-refractivity contribution in [3.05, 3.63) is 18.2 Å². The van der Waals surface area contributed by atoms with Crippen LogP contribution in [0.1, 0.15) is 31.5 Å². The van der Waals surface area contributed by atoms with Crippen LogP contribution in [0.2, 0.25) is 0 Å². The topological polar surface area (TPSA) is 95.2 Å². The molecule has 0 radical (unpaired) electrons. The van der Waals surface area contributed by atoms with Crippen LogP contribution >= 0.6 is 0 Å². The van der Waals surface area contributed by atoms with Gasteiger partial charge in [-0.05, 0) is 12.8 Å². The van der Waals surface area contributed by atoms with Gasteiger partial charge in [-0.2, -0.15) is 0 Å². The highest BCUT2D eigenvalue weighted by Gasteiger charge is 2.39. The summed E-state index contributed by atoms with van der Waals surface area (Å²) in [6.07, 6.45) is 6.80. The van der Waals surface area contributed by atoms with E-state index in [1.807, 2.05) is 0 Å². The smallest absolute Gasteiger partial charge is 0.243 e. The summed E-state index contributed by atoms with van der Waals surface area (Å²) >= 11 is 0. The van der Waals surface area contributed by atoms with Crippen LogP contribution in [0.15, 0.2) is 12.4 Å². The molecule has 1 aromatic heterocycles. The number of aliphatic hydroxyl groups excluding tert-OH is 1. The molecule has 1 saturated carbocycles. The number of aromatic nitrogens is 2. The van der Waals surface area contributed by atoms with E-state index < -0.39 is 5.54 Å². The van der Waals surface area contributed by atoms with Crippen LogP contribution in [0, 0.1) is 0 Å². The van der Waals surface area contributed by atoms with Crippen LogP contribution in [0.5, 0.6) is 0 Å². The highest BCUT2D eigenvalue weighted by Crippen LogP contribution is 2.29. The maximum absolute atomic E-state index is 12.4. The largest absolute Gasteiger partial charge is 0.395 e. The van der Waals surface area contributed by atoms with Gasteiger partial charge in [0.1, 0.15) is 5.82 Å². The Morgan fingerprint density at radius 1 is 1.56 bits per heavy atom. The van der Waals surface area contributed by atoms with Gasteiger partial charge in [0, 0.05) is 18.9 Å². The van der Waals surface area contributed by atoms with Crippen molar-refractivity contribution in [3.63, 3.8) is 0 Å². The molecule has 1 aliphatic rings. The lowest BCUT2D eigenvalue weighted by molar-refractivity contribution is -0.138. The third kappa shape index (κ3) is 2.70. The maximum atomic E-state index is 12.4. The molecule has 0 unspecified atom stereocenters. The standard InChI is InChI=1S/C12H20N4O2/c13-12(3-1-2-4-12)11(18)16(7-8-17)9-10-14-5-6-15-10/h5-6,17H,1-4,7-9,13H2,(H,14,15). The van der Waals surface area contributed by atoms with Crippen LogP contribution in [0.3, 0.4) is 0 Å². The van der Waals surface area contributed by atoms with E-state index in [1.54, 1.807) is 17.3 Å². The lowest BCUT2D eigenvalue weighted by Gasteiger charge is -2.30. The fraction of sp³-hybridized carbons (Fsp3) is 0.667. The Kier molecular flexibility index (Phi) is 3.98. The van der Waals surface area contributed by atoms with Gasteiger partial charge >= 0.3 is 0 Å². The summed E-state index contributed by atoms with van der Waals surface area (Å²) in [5.74, 6) is 0.629. The Bertz CT molecular complexity index is 385. The highest BCUT2D eigenvalue weighted by atomic mass is 16.3. The third-order valence-corrected chi connectivity index (χ3v) is 3.47. The van der Waals surface area contributed by atoms with Crippen LogP contribution in [-0.4, -0.2) is 44.6 Å². The van der Waals surface area contributed by atoms with Crippen LogP contribution in [-0.2, 0) is 11.3 Å². The summed E-state index contributed by atoms with van der Waals surface area (Å²) in [6, 6.07) is 0. The molecule has 100 valence electrons. The fourth-order valence-corrected chi connectivity index (χ4v) is 2.47. The predicted octanol–water partition coefficient (Wildman–Crippen LogP) is 0.00210. The number of rotatable bonds is 5. The summed E-state index contributed by atoms with van der Waals surface area (Å²) in [4.78, 5) is 21.1. The zero-order valence-corrected chi connectivity index (χ0v) is 10.4. The first-order valence-electron chi connectivity index (χ1n) is 6.33. The first kappa shape index (κ1) is 13.0. The minimum atomic E-state index is -0.748. The Balaban J connectivity index is 2.06. The first-order valence-corrected chi connectivity index (χ1v) is 6.33. The molecule has 4 N–H and O–H groups in total. The number of aromatic amines is 1. The maximum Gasteiger partial charge on any atom is 0.243 e. The van der Waals surface area contributed by atoms with Crippen molar-refractivity contribution in [2.75, 3.05) is 13.2 Å². The zero-order chi connectivity index (χ0) is 13.0. The Hall–Kier alpha value is -1.40. The van der Waals surface area contributed by atoms with E-state index in [0.29, 0.717) is 18.9 Å². The average Bonchev–Trinajstić information content (AvgIpc) is 3.00. The molecule has 1 heterocycles. The molecule has 18 heavy (non-hydrogen) atoms. The van der Waals surface area contributed by atoms with E-state index in [-0.39, 0.29) is 12.5 Å². The van der Waals surface area contributed by atoms with Gasteiger partial charge in [-0.3, -0.25) is 4.79 Å². The molecule has 1 amide bonds. The van der Waals surface area contributed by atoms with Crippen molar-refractivity contribution in [2.24, 2.45) is 5.73 Å². The number of hydrogen-bond donors (Lipinski definition) is 3. The Labute approximate surface area is 106 Å². The van der Waals surface area contributed by atoms with Gasteiger partial charge in [0.25, 0.3) is 0 Å². The monoisotopic (exact) mass is 252 g/mol. The lowest BCUT2D eigenvalue weighted by atomic mass is 9.97. The van der Waals surface area contributed by atoms with Crippen LogP contribution < -0.4 is 5.73 Å². The summed E-state index contributed by atoms with van der Waals surface area (Å²) < 4.78 is 0. The normalized spacial score (nSPS) is 17.9. The van der Waals surface area contributed by atoms with Gasteiger partial charge in [0.2, 0.25) is 5.91 Å². The van der Waals surface area contributed by atoms with Crippen LogP contribution in [0.25, 0.3) is 0 Å². The SMILES string of the molecule is NC1(C(=O)N(CCO)Cc2ncc[nH]2)CCCC1. The van der Waals surface area contributed by atoms with Gasteiger partial charge in [0.15, 0.2) is 0 Å². The van der Waals surface area contributed by atoms with Gasteiger partial charge < -0.3 is 20.7 Å². The molecule has 6 heteroatoms. The van der Waals surface area contributed by atoms with E-state index in [4.69, 9.17) is 10.8 Å². The zero-order valence-electron chi connectivity index (χ0n) is 10.4. The summed E-state index contributed by atoms with van der Waals surface area (Å²) in [7, 11) is 0. The van der Waals surface area contributed by atoms with E-state index in [0.717, 1.165) is 25.7 Å². The second kappa shape index (κ2) is 5.49. The number of carbonyl (C=O) groups excluding carboxylic acids is 1. The minimum Gasteiger partial charge on any atom is -0.395 e. The number of hydrogen-bond acceptors (Lipinski definition) is 4. The molecule has 0 spiro atoms. The number of nitrogens with one attached hydrogen (secondary N) is 1. The van der Waals surface area contributed by atoms with Crippen LogP contribution in [0.4, 0.5) is 0 Å². The van der Waals surface area contributed by atoms with Crippen molar-refractivity contribution >= 4 is 5.91 Å². The van der Waals surface area contributed by atoms with Crippen molar-refractivity contribution in [2.45, 2.75) is 37.8 Å². The molecule has 6 nitrogen and oxygen atoms in total. The summed E-state index contributed by atoms with van der Waals surface area (Å²) in [6.45, 7) is 0.590. The first-order chi connectivity index (χ1) is 8.65. The van der Waals surface area contributed by atoms with Crippen molar-refractivity contribution < 1.29 is 9.90 Å². The molecular weight excluding hydrogens is 232 g/mol. The molecule has 0 atom stereocenters. The molecule has 2 rings (SSSR count). The van der Waals surface area contributed by atoms with E-state index in [9.17, 15) is 4.79 Å². The molecule has 1 fully saturated rings. The van der Waals surface area contributed by atoms with Gasteiger partial charge in [-0.15, -0.1) is 0 Å². The molecule has 0 aliphatic heterocycles. The lowest BCUT2D eigenvalue weighted by Crippen LogP contribution is -2.54. The van der Waals surface area contributed by atoms with Crippen molar-refractivity contribution in [1.29, 1.82) is 0 Å². The molecule has 0 aromatic carbocycles. The van der Waals surface area contributed by atoms with E-state index in [1.165, 1.54) is 0 Å². The molecule has 1 aromatic rings. The number of imidazole rings is 1. The Morgan fingerprint density at radius 3 is 2.83 bits per heavy atom. The minimum absolute atomic E-state index is 0.0669. The Morgan fingerprint density at radius 2 is 2.28 bits per heavy atom. The number of nitrogens with two attached hydrogens (primary N) is 1. The van der Waals surface area contributed by atoms with Gasteiger partial charge in [0.05, 0.1) is 18.7 Å². The van der Waals surface area contributed by atoms with Gasteiger partial charge in [-0.1, -0.05) is 12.8 Å². The number of amides is 1. The molecular formula is C12H20N4O2. The van der Waals surface area contributed by atoms with E-state index in [2.05, 4.69) is 9.97 Å². The second-order valence-corrected chi connectivity index (χ2v) is 4.85. The average molecular weight is 252 g/mol. The quantitative estimate of drug-likeness (QED) is 0.687. The number of nitrogens with zero attached hydrogens (tertiary/aromatic N) is 2. The number of aliphatic hydroxyl groups is 1. The second-order valence-electron chi connectivity index (χ2n) is 4.85. The van der Waals surface area contributed by atoms with Crippen molar-refractivity contribution in [3.8, 4) is 0 Å². The third-order valence-electron chi connectivity index (χ3n) is 3.47. The fourth-order valence-electron chi connectivity index (χ4n) is 2.47. The van der Waals surface area contributed by atoms with Gasteiger partial charge in [-0.25, -0.2) is 4.98 Å². The highest BCUT2D eigenvalue weighted by molar-refractivity contribution is 5.86. The molecule has 1 aliphatic carbocycles. The number of carbonyl (C=O) groups is 1. The molecule has 0 saturated heterocycles. The van der Waals surface area contributed by atoms with Crippen molar-refractivity contribution in [1.82, 2.24) is 14.9 Å². The molecule has 0 bridgehead atoms. The summed E-state index contributed by atoms with van der Waals surface area (Å²) in [5.41, 5.74) is 5.41. The summed E-state index contributed by atoms with van der Waals surface area (Å²) in [5, 5.41) is 9.08. The predicted molar refractivity (Wildman–Crippen MR) is 66.5 cm³/mol. The van der Waals surface area contributed by atoms with E-state index >= 15 is 0 Å². The number of H-pyrrole nitrogens is 1.